The summed E-state index contributed by atoms with van der Waals surface area (Å²) < 4.78 is 18.9. The minimum Gasteiger partial charge on any atom is -0.496 e. The highest BCUT2D eigenvalue weighted by molar-refractivity contribution is 6.31. The summed E-state index contributed by atoms with van der Waals surface area (Å²) in [6.07, 6.45) is 0.0707. The average Bonchev–Trinajstić information content (AvgIpc) is 2.42. The van der Waals surface area contributed by atoms with Crippen LogP contribution in [0.25, 0.3) is 0 Å². The van der Waals surface area contributed by atoms with Gasteiger partial charge in [0.05, 0.1) is 17.7 Å². The Hall–Kier alpha value is -1.87. The third-order valence-electron chi connectivity index (χ3n) is 2.80. The lowest BCUT2D eigenvalue weighted by molar-refractivity contribution is 0.0988. The fraction of sp³-hybridized carbons (Fsp3) is 0.133. The van der Waals surface area contributed by atoms with E-state index in [-0.39, 0.29) is 22.8 Å². The molecule has 4 heteroatoms. The summed E-state index contributed by atoms with van der Waals surface area (Å²) in [7, 11) is 1.53. The summed E-state index contributed by atoms with van der Waals surface area (Å²) in [4.78, 5) is 12.1. The van der Waals surface area contributed by atoms with Crippen molar-refractivity contribution >= 4 is 17.4 Å². The quantitative estimate of drug-likeness (QED) is 0.793. The Morgan fingerprint density at radius 2 is 1.95 bits per heavy atom. The van der Waals surface area contributed by atoms with E-state index >= 15 is 0 Å². The van der Waals surface area contributed by atoms with Crippen molar-refractivity contribution in [3.63, 3.8) is 0 Å². The number of ether oxygens (including phenoxy) is 1. The van der Waals surface area contributed by atoms with Gasteiger partial charge in [0.25, 0.3) is 0 Å². The van der Waals surface area contributed by atoms with E-state index in [0.29, 0.717) is 5.75 Å². The van der Waals surface area contributed by atoms with Crippen molar-refractivity contribution in [2.24, 2.45) is 0 Å². The van der Waals surface area contributed by atoms with E-state index in [2.05, 4.69) is 0 Å². The van der Waals surface area contributed by atoms with Crippen molar-refractivity contribution < 1.29 is 13.9 Å². The highest BCUT2D eigenvalue weighted by Gasteiger charge is 2.16. The van der Waals surface area contributed by atoms with Crippen molar-refractivity contribution in [1.82, 2.24) is 0 Å². The summed E-state index contributed by atoms with van der Waals surface area (Å²) in [5.74, 6) is -0.396. The van der Waals surface area contributed by atoms with Crippen LogP contribution < -0.4 is 4.74 Å². The molecule has 0 amide bonds. The van der Waals surface area contributed by atoms with Gasteiger partial charge < -0.3 is 4.74 Å². The molecule has 0 spiro atoms. The van der Waals surface area contributed by atoms with Crippen LogP contribution in [-0.2, 0) is 6.42 Å². The van der Waals surface area contributed by atoms with Crippen LogP contribution in [0.4, 0.5) is 4.39 Å². The molecule has 0 aromatic heterocycles. The topological polar surface area (TPSA) is 26.3 Å². The summed E-state index contributed by atoms with van der Waals surface area (Å²) >= 11 is 5.67. The molecular formula is C15H12ClFO2. The summed E-state index contributed by atoms with van der Waals surface area (Å²) in [6, 6.07) is 11.6. The maximum Gasteiger partial charge on any atom is 0.170 e. The first-order valence-electron chi connectivity index (χ1n) is 5.72. The lowest BCUT2D eigenvalue weighted by Gasteiger charge is -2.08. The maximum atomic E-state index is 13.8. The molecule has 0 saturated heterocycles. The number of ketones is 1. The molecule has 2 aromatic rings. The molecule has 0 unspecified atom stereocenters. The zero-order chi connectivity index (χ0) is 13.8. The van der Waals surface area contributed by atoms with Crippen LogP contribution in [-0.4, -0.2) is 12.9 Å². The maximum absolute atomic E-state index is 13.8. The Labute approximate surface area is 115 Å². The molecule has 0 fully saturated rings. The predicted octanol–water partition coefficient (Wildman–Crippen LogP) is 3.91. The number of carbonyl (C=O) groups is 1. The smallest absolute Gasteiger partial charge is 0.170 e. The van der Waals surface area contributed by atoms with Crippen molar-refractivity contribution in [3.05, 3.63) is 64.4 Å². The van der Waals surface area contributed by atoms with Crippen LogP contribution >= 0.6 is 11.6 Å². The van der Waals surface area contributed by atoms with Crippen molar-refractivity contribution in [3.8, 4) is 5.75 Å². The van der Waals surface area contributed by atoms with Crippen molar-refractivity contribution in [1.29, 1.82) is 0 Å². The molecule has 0 N–H and O–H groups in total. The van der Waals surface area contributed by atoms with Gasteiger partial charge in [0, 0.05) is 12.0 Å². The number of hydrogen-bond acceptors (Lipinski definition) is 2. The number of halogens is 2. The zero-order valence-corrected chi connectivity index (χ0v) is 11.1. The first-order chi connectivity index (χ1) is 9.13. The van der Waals surface area contributed by atoms with Gasteiger partial charge >= 0.3 is 0 Å². The minimum absolute atomic E-state index is 0.00148. The molecule has 0 aliphatic heterocycles. The number of rotatable bonds is 4. The number of hydrogen-bond donors (Lipinski definition) is 0. The number of carbonyl (C=O) groups excluding carboxylic acids is 1. The van der Waals surface area contributed by atoms with Crippen molar-refractivity contribution in [2.45, 2.75) is 6.42 Å². The van der Waals surface area contributed by atoms with E-state index in [4.69, 9.17) is 16.3 Å². The molecule has 2 rings (SSSR count). The molecular weight excluding hydrogens is 267 g/mol. The molecule has 19 heavy (non-hydrogen) atoms. The minimum atomic E-state index is -0.677. The first-order valence-corrected chi connectivity index (χ1v) is 6.10. The van der Waals surface area contributed by atoms with Gasteiger partial charge in [-0.25, -0.2) is 4.39 Å². The van der Waals surface area contributed by atoms with Gasteiger partial charge in [0.2, 0.25) is 0 Å². The van der Waals surface area contributed by atoms with E-state index < -0.39 is 5.82 Å². The Bertz CT molecular complexity index is 611. The standard InChI is InChI=1S/C15H12ClFO2/c1-19-14-8-3-2-5-10(14)9-13(18)11-6-4-7-12(16)15(11)17/h2-8H,9H2,1H3. The van der Waals surface area contributed by atoms with Crippen LogP contribution in [0.2, 0.25) is 5.02 Å². The molecule has 0 aliphatic carbocycles. The van der Waals surface area contributed by atoms with Gasteiger partial charge in [-0.05, 0) is 18.2 Å². The first kappa shape index (κ1) is 13.6. The Balaban J connectivity index is 2.28. The number of para-hydroxylation sites is 1. The monoisotopic (exact) mass is 278 g/mol. The van der Waals surface area contributed by atoms with Crippen LogP contribution in [0.3, 0.4) is 0 Å². The third-order valence-corrected chi connectivity index (χ3v) is 3.09. The van der Waals surface area contributed by atoms with E-state index in [9.17, 15) is 9.18 Å². The van der Waals surface area contributed by atoms with E-state index in [0.717, 1.165) is 5.56 Å². The predicted molar refractivity (Wildman–Crippen MR) is 72.4 cm³/mol. The lowest BCUT2D eigenvalue weighted by Crippen LogP contribution is -2.07. The lowest BCUT2D eigenvalue weighted by atomic mass is 10.0. The largest absolute Gasteiger partial charge is 0.496 e. The molecule has 0 saturated carbocycles. The highest BCUT2D eigenvalue weighted by atomic mass is 35.5. The summed E-state index contributed by atoms with van der Waals surface area (Å²) in [5, 5.41) is -0.0501. The fourth-order valence-corrected chi connectivity index (χ4v) is 2.01. The molecule has 0 aliphatic rings. The third kappa shape index (κ3) is 2.93. The van der Waals surface area contributed by atoms with Crippen LogP contribution in [0.15, 0.2) is 42.5 Å². The second-order valence-corrected chi connectivity index (χ2v) is 4.42. The van der Waals surface area contributed by atoms with Gasteiger partial charge in [-0.3, -0.25) is 4.79 Å². The highest BCUT2D eigenvalue weighted by Crippen LogP contribution is 2.22. The Morgan fingerprint density at radius 1 is 1.21 bits per heavy atom. The second-order valence-electron chi connectivity index (χ2n) is 4.01. The van der Waals surface area contributed by atoms with Gasteiger partial charge in [0.15, 0.2) is 11.6 Å². The molecule has 0 radical (unpaired) electrons. The second kappa shape index (κ2) is 5.85. The van der Waals surface area contributed by atoms with E-state index in [1.54, 1.807) is 24.3 Å². The molecule has 0 atom stereocenters. The number of benzene rings is 2. The molecule has 2 nitrogen and oxygen atoms in total. The summed E-state index contributed by atoms with van der Waals surface area (Å²) in [5.41, 5.74) is 0.716. The SMILES string of the molecule is COc1ccccc1CC(=O)c1cccc(Cl)c1F. The van der Waals surface area contributed by atoms with Crippen molar-refractivity contribution in [2.75, 3.05) is 7.11 Å². The summed E-state index contributed by atoms with van der Waals surface area (Å²) in [6.45, 7) is 0. The fourth-order valence-electron chi connectivity index (χ4n) is 1.84. The normalized spacial score (nSPS) is 10.3. The number of methoxy groups -OCH3 is 1. The van der Waals surface area contributed by atoms with Gasteiger partial charge in [-0.2, -0.15) is 0 Å². The molecule has 98 valence electrons. The van der Waals surface area contributed by atoms with E-state index in [1.807, 2.05) is 6.07 Å². The average molecular weight is 279 g/mol. The van der Waals surface area contributed by atoms with Gasteiger partial charge in [-0.15, -0.1) is 0 Å². The molecule has 2 aromatic carbocycles. The zero-order valence-electron chi connectivity index (χ0n) is 10.3. The van der Waals surface area contributed by atoms with E-state index in [1.165, 1.54) is 19.2 Å². The van der Waals surface area contributed by atoms with Gasteiger partial charge in [0.1, 0.15) is 5.75 Å². The molecule has 0 bridgehead atoms. The number of Topliss-reactive ketones (excluding diaryl/α,β-unsaturated/α-hetero) is 1. The van der Waals surface area contributed by atoms with Crippen LogP contribution in [0, 0.1) is 5.82 Å². The Kier molecular flexibility index (Phi) is 4.17. The Morgan fingerprint density at radius 3 is 2.68 bits per heavy atom. The molecule has 0 heterocycles. The van der Waals surface area contributed by atoms with Crippen LogP contribution in [0.1, 0.15) is 15.9 Å². The van der Waals surface area contributed by atoms with Crippen LogP contribution in [0.5, 0.6) is 5.75 Å². The van der Waals surface area contributed by atoms with Gasteiger partial charge in [-0.1, -0.05) is 35.9 Å².